The third kappa shape index (κ3) is 2.89. The molecular formula is C14H18N2O4. The highest BCUT2D eigenvalue weighted by atomic mass is 16.6. The van der Waals surface area contributed by atoms with Gasteiger partial charge >= 0.3 is 5.97 Å². The molecule has 1 saturated heterocycles. The Bertz CT molecular complexity index is 530. The fourth-order valence-electron chi connectivity index (χ4n) is 2.58. The lowest BCUT2D eigenvalue weighted by atomic mass is 9.99. The molecule has 1 heterocycles. The van der Waals surface area contributed by atoms with Crippen molar-refractivity contribution >= 4 is 17.3 Å². The van der Waals surface area contributed by atoms with Crippen LogP contribution < -0.4 is 4.90 Å². The summed E-state index contributed by atoms with van der Waals surface area (Å²) in [5.41, 5.74) is 0.877. The van der Waals surface area contributed by atoms with Crippen LogP contribution in [0.3, 0.4) is 0 Å². The lowest BCUT2D eigenvalue weighted by molar-refractivity contribution is -0.384. The molecule has 1 fully saturated rings. The molecule has 6 nitrogen and oxygen atoms in total. The average molecular weight is 278 g/mol. The standard InChI is InChI=1S/C14H18N2O4/c1-10-4-3-7-15(9-10)13-8-11(14(17)20-2)5-6-12(13)16(18)19/h5-6,8,10H,3-4,7,9H2,1-2H3. The molecular weight excluding hydrogens is 260 g/mol. The minimum Gasteiger partial charge on any atom is -0.465 e. The van der Waals surface area contributed by atoms with Gasteiger partial charge in [0.05, 0.1) is 17.6 Å². The normalized spacial score (nSPS) is 18.7. The summed E-state index contributed by atoms with van der Waals surface area (Å²) < 4.78 is 4.67. The zero-order valence-electron chi connectivity index (χ0n) is 11.7. The first kappa shape index (κ1) is 14.3. The molecule has 0 aliphatic carbocycles. The minimum absolute atomic E-state index is 0.0340. The number of piperidine rings is 1. The molecule has 0 aromatic heterocycles. The Morgan fingerprint density at radius 1 is 1.50 bits per heavy atom. The predicted molar refractivity (Wildman–Crippen MR) is 75.0 cm³/mol. The van der Waals surface area contributed by atoms with Crippen LogP contribution in [0.1, 0.15) is 30.1 Å². The third-order valence-electron chi connectivity index (χ3n) is 3.59. The number of ether oxygens (including phenoxy) is 1. The largest absolute Gasteiger partial charge is 0.465 e. The fraction of sp³-hybridized carbons (Fsp3) is 0.500. The summed E-state index contributed by atoms with van der Waals surface area (Å²) in [4.78, 5) is 24.3. The van der Waals surface area contributed by atoms with Crippen LogP contribution in [0.2, 0.25) is 0 Å². The lowest BCUT2D eigenvalue weighted by Crippen LogP contribution is -2.34. The van der Waals surface area contributed by atoms with E-state index in [0.717, 1.165) is 25.9 Å². The van der Waals surface area contributed by atoms with Gasteiger partial charge in [0.15, 0.2) is 0 Å². The number of carbonyl (C=O) groups excluding carboxylic acids is 1. The SMILES string of the molecule is COC(=O)c1ccc([N+](=O)[O-])c(N2CCCC(C)C2)c1. The highest BCUT2D eigenvalue weighted by Gasteiger charge is 2.25. The molecule has 0 amide bonds. The van der Waals surface area contributed by atoms with Gasteiger partial charge in [-0.05, 0) is 30.9 Å². The van der Waals surface area contributed by atoms with E-state index >= 15 is 0 Å². The van der Waals surface area contributed by atoms with Crippen molar-refractivity contribution in [1.82, 2.24) is 0 Å². The van der Waals surface area contributed by atoms with Crippen molar-refractivity contribution in [2.45, 2.75) is 19.8 Å². The minimum atomic E-state index is -0.480. The molecule has 20 heavy (non-hydrogen) atoms. The number of anilines is 1. The van der Waals surface area contributed by atoms with Gasteiger partial charge in [0, 0.05) is 19.2 Å². The first-order valence-corrected chi connectivity index (χ1v) is 6.64. The van der Waals surface area contributed by atoms with Gasteiger partial charge in [-0.2, -0.15) is 0 Å². The molecule has 2 rings (SSSR count). The smallest absolute Gasteiger partial charge is 0.337 e. The Kier molecular flexibility index (Phi) is 4.22. The Morgan fingerprint density at radius 3 is 2.85 bits per heavy atom. The average Bonchev–Trinajstić information content (AvgIpc) is 2.45. The summed E-state index contributed by atoms with van der Waals surface area (Å²) in [6, 6.07) is 4.36. The zero-order chi connectivity index (χ0) is 14.7. The van der Waals surface area contributed by atoms with Crippen molar-refractivity contribution in [3.05, 3.63) is 33.9 Å². The summed E-state index contributed by atoms with van der Waals surface area (Å²) >= 11 is 0. The molecule has 1 aromatic rings. The quantitative estimate of drug-likeness (QED) is 0.483. The number of nitro benzene ring substituents is 1. The highest BCUT2D eigenvalue weighted by Crippen LogP contribution is 2.32. The third-order valence-corrected chi connectivity index (χ3v) is 3.59. The number of nitrogens with zero attached hydrogens (tertiary/aromatic N) is 2. The van der Waals surface area contributed by atoms with Crippen molar-refractivity contribution in [2.75, 3.05) is 25.1 Å². The Hall–Kier alpha value is -2.11. The number of hydrogen-bond acceptors (Lipinski definition) is 5. The van der Waals surface area contributed by atoms with Crippen molar-refractivity contribution in [2.24, 2.45) is 5.92 Å². The number of benzene rings is 1. The number of rotatable bonds is 3. The van der Waals surface area contributed by atoms with Gasteiger partial charge in [0.2, 0.25) is 0 Å². The maximum atomic E-state index is 11.6. The van der Waals surface area contributed by atoms with Gasteiger partial charge in [0.25, 0.3) is 5.69 Å². The highest BCUT2D eigenvalue weighted by molar-refractivity contribution is 5.91. The predicted octanol–water partition coefficient (Wildman–Crippen LogP) is 2.62. The summed E-state index contributed by atoms with van der Waals surface area (Å²) in [7, 11) is 1.30. The van der Waals surface area contributed by atoms with Crippen LogP contribution >= 0.6 is 0 Å². The van der Waals surface area contributed by atoms with Crippen LogP contribution in [0.4, 0.5) is 11.4 Å². The van der Waals surface area contributed by atoms with Crippen LogP contribution in [0.15, 0.2) is 18.2 Å². The molecule has 0 spiro atoms. The first-order chi connectivity index (χ1) is 9.52. The number of esters is 1. The maximum Gasteiger partial charge on any atom is 0.337 e. The summed E-state index contributed by atoms with van der Waals surface area (Å²) in [5, 5.41) is 11.2. The number of methoxy groups -OCH3 is 1. The lowest BCUT2D eigenvalue weighted by Gasteiger charge is -2.32. The van der Waals surface area contributed by atoms with Gasteiger partial charge in [-0.1, -0.05) is 6.92 Å². The van der Waals surface area contributed by atoms with E-state index < -0.39 is 10.9 Å². The Balaban J connectivity index is 2.41. The van der Waals surface area contributed by atoms with Crippen molar-refractivity contribution in [3.8, 4) is 0 Å². The van der Waals surface area contributed by atoms with Crippen molar-refractivity contribution in [1.29, 1.82) is 0 Å². The van der Waals surface area contributed by atoms with Crippen LogP contribution in [-0.4, -0.2) is 31.1 Å². The van der Waals surface area contributed by atoms with Crippen LogP contribution in [-0.2, 0) is 4.74 Å². The van der Waals surface area contributed by atoms with Crippen LogP contribution in [0.25, 0.3) is 0 Å². The van der Waals surface area contributed by atoms with Crippen molar-refractivity contribution < 1.29 is 14.5 Å². The molecule has 1 aromatic carbocycles. The van der Waals surface area contributed by atoms with Gasteiger partial charge in [-0.3, -0.25) is 10.1 Å². The number of carbonyl (C=O) groups is 1. The second-order valence-corrected chi connectivity index (χ2v) is 5.15. The molecule has 1 unspecified atom stereocenters. The zero-order valence-corrected chi connectivity index (χ0v) is 11.7. The van der Waals surface area contributed by atoms with Gasteiger partial charge in [-0.15, -0.1) is 0 Å². The molecule has 108 valence electrons. The fourth-order valence-corrected chi connectivity index (χ4v) is 2.58. The van der Waals surface area contributed by atoms with Gasteiger partial charge in [-0.25, -0.2) is 4.79 Å². The summed E-state index contributed by atoms with van der Waals surface area (Å²) in [6.45, 7) is 3.67. The van der Waals surface area contributed by atoms with E-state index in [0.29, 0.717) is 17.2 Å². The molecule has 0 N–H and O–H groups in total. The van der Waals surface area contributed by atoms with E-state index in [2.05, 4.69) is 11.7 Å². The maximum absolute atomic E-state index is 11.6. The van der Waals surface area contributed by atoms with Crippen LogP contribution in [0.5, 0.6) is 0 Å². The second kappa shape index (κ2) is 5.90. The number of hydrogen-bond donors (Lipinski definition) is 0. The molecule has 6 heteroatoms. The molecule has 0 saturated carbocycles. The van der Waals surface area contributed by atoms with Gasteiger partial charge < -0.3 is 9.64 Å². The van der Waals surface area contributed by atoms with Crippen LogP contribution in [0, 0.1) is 16.0 Å². The topological polar surface area (TPSA) is 72.7 Å². The van der Waals surface area contributed by atoms with E-state index in [-0.39, 0.29) is 5.69 Å². The summed E-state index contributed by atoms with van der Waals surface area (Å²) in [6.07, 6.45) is 2.13. The molecule has 1 aliphatic heterocycles. The van der Waals surface area contributed by atoms with E-state index in [4.69, 9.17) is 0 Å². The number of nitro groups is 1. The van der Waals surface area contributed by atoms with E-state index in [1.54, 1.807) is 6.07 Å². The van der Waals surface area contributed by atoms with E-state index in [9.17, 15) is 14.9 Å². The van der Waals surface area contributed by atoms with Gasteiger partial charge in [0.1, 0.15) is 5.69 Å². The Labute approximate surface area is 117 Å². The monoisotopic (exact) mass is 278 g/mol. The molecule has 0 bridgehead atoms. The molecule has 1 aliphatic rings. The molecule has 0 radical (unpaired) electrons. The van der Waals surface area contributed by atoms with E-state index in [1.807, 2.05) is 4.90 Å². The first-order valence-electron chi connectivity index (χ1n) is 6.64. The Morgan fingerprint density at radius 2 is 2.25 bits per heavy atom. The van der Waals surface area contributed by atoms with Crippen molar-refractivity contribution in [3.63, 3.8) is 0 Å². The second-order valence-electron chi connectivity index (χ2n) is 5.15. The van der Waals surface area contributed by atoms with E-state index in [1.165, 1.54) is 19.2 Å². The molecule has 1 atom stereocenters. The summed E-state index contributed by atoms with van der Waals surface area (Å²) in [5.74, 6) is 0.0105.